The van der Waals surface area contributed by atoms with E-state index in [-0.39, 0.29) is 0 Å². The molecule has 4 aromatic rings. The molecule has 0 spiro atoms. The van der Waals surface area contributed by atoms with Gasteiger partial charge in [-0.3, -0.25) is 4.90 Å². The fourth-order valence-corrected chi connectivity index (χ4v) is 5.27. The molecule has 0 N–H and O–H groups in total. The van der Waals surface area contributed by atoms with Crippen molar-refractivity contribution in [2.24, 2.45) is 0 Å². The van der Waals surface area contributed by atoms with Crippen molar-refractivity contribution in [1.82, 2.24) is 24.5 Å². The molecule has 0 saturated heterocycles. The lowest BCUT2D eigenvalue weighted by atomic mass is 10.1. The number of nitrogens with zero attached hydrogens (tertiary/aromatic N) is 5. The van der Waals surface area contributed by atoms with Gasteiger partial charge in [0.25, 0.3) is 0 Å². The maximum Gasteiger partial charge on any atom is 0.182 e. The molecular formula is C21H23N5O2S. The van der Waals surface area contributed by atoms with Crippen LogP contribution in [0.5, 0.6) is 11.5 Å². The lowest BCUT2D eigenvalue weighted by Crippen LogP contribution is -2.30. The van der Waals surface area contributed by atoms with Crippen LogP contribution in [0.25, 0.3) is 27.3 Å². The van der Waals surface area contributed by atoms with Gasteiger partial charge < -0.3 is 9.47 Å². The number of aromatic nitrogens is 4. The molecule has 1 aliphatic rings. The van der Waals surface area contributed by atoms with Gasteiger partial charge in [0.1, 0.15) is 11.2 Å². The van der Waals surface area contributed by atoms with Gasteiger partial charge in [0.15, 0.2) is 23.0 Å². The molecule has 0 unspecified atom stereocenters. The average Bonchev–Trinajstić information content (AvgIpc) is 3.34. The third-order valence-corrected chi connectivity index (χ3v) is 6.56. The molecule has 3 aromatic heterocycles. The highest BCUT2D eigenvalue weighted by molar-refractivity contribution is 7.19. The Kier molecular flexibility index (Phi) is 4.60. The SMILES string of the molecule is CCCN1CCc2c(sc3ncn4nc(-c5ccc(OC)c(OC)c5)nc4c23)C1. The van der Waals surface area contributed by atoms with E-state index in [4.69, 9.17) is 14.5 Å². The van der Waals surface area contributed by atoms with E-state index in [0.717, 1.165) is 47.5 Å². The summed E-state index contributed by atoms with van der Waals surface area (Å²) in [6.07, 6.45) is 3.98. The Morgan fingerprint density at radius 1 is 1.17 bits per heavy atom. The topological polar surface area (TPSA) is 64.8 Å². The lowest BCUT2D eigenvalue weighted by Gasteiger charge is -2.26. The number of hydrogen-bond donors (Lipinski definition) is 0. The zero-order chi connectivity index (χ0) is 20.0. The van der Waals surface area contributed by atoms with Crippen LogP contribution in [0.3, 0.4) is 0 Å². The van der Waals surface area contributed by atoms with Gasteiger partial charge in [-0.05, 0) is 43.1 Å². The highest BCUT2D eigenvalue weighted by atomic mass is 32.1. The van der Waals surface area contributed by atoms with Gasteiger partial charge in [-0.15, -0.1) is 16.4 Å². The Labute approximate surface area is 172 Å². The van der Waals surface area contributed by atoms with E-state index in [9.17, 15) is 0 Å². The third-order valence-electron chi connectivity index (χ3n) is 5.44. The van der Waals surface area contributed by atoms with Crippen LogP contribution in [0.4, 0.5) is 0 Å². The summed E-state index contributed by atoms with van der Waals surface area (Å²) in [6, 6.07) is 5.73. The molecule has 150 valence electrons. The fourth-order valence-electron chi connectivity index (χ4n) is 4.05. The summed E-state index contributed by atoms with van der Waals surface area (Å²) in [5.74, 6) is 2.01. The van der Waals surface area contributed by atoms with Crippen LogP contribution in [-0.4, -0.2) is 51.8 Å². The molecule has 8 heteroatoms. The molecule has 1 aromatic carbocycles. The second kappa shape index (κ2) is 7.27. The molecule has 29 heavy (non-hydrogen) atoms. The number of methoxy groups -OCH3 is 2. The highest BCUT2D eigenvalue weighted by Gasteiger charge is 2.24. The van der Waals surface area contributed by atoms with Crippen molar-refractivity contribution >= 4 is 27.2 Å². The first kappa shape index (κ1) is 18.3. The first-order valence-corrected chi connectivity index (χ1v) is 10.6. The molecule has 0 aliphatic carbocycles. The van der Waals surface area contributed by atoms with Gasteiger partial charge in [0, 0.05) is 23.5 Å². The molecule has 0 fully saturated rings. The zero-order valence-corrected chi connectivity index (χ0v) is 17.6. The van der Waals surface area contributed by atoms with Gasteiger partial charge in [0.05, 0.1) is 19.6 Å². The molecule has 0 radical (unpaired) electrons. The number of thiophene rings is 1. The summed E-state index contributed by atoms with van der Waals surface area (Å²) in [4.78, 5) is 14.5. The molecule has 1 aliphatic heterocycles. The second-order valence-corrected chi connectivity index (χ2v) is 8.31. The number of fused-ring (bicyclic) bond motifs is 5. The van der Waals surface area contributed by atoms with E-state index in [1.165, 1.54) is 16.9 Å². The summed E-state index contributed by atoms with van der Waals surface area (Å²) in [5, 5.41) is 5.83. The first-order valence-electron chi connectivity index (χ1n) is 9.82. The van der Waals surface area contributed by atoms with Gasteiger partial charge in [-0.2, -0.15) is 0 Å². The van der Waals surface area contributed by atoms with Crippen molar-refractivity contribution in [1.29, 1.82) is 0 Å². The molecule has 5 rings (SSSR count). The summed E-state index contributed by atoms with van der Waals surface area (Å²) < 4.78 is 12.6. The van der Waals surface area contributed by atoms with E-state index in [2.05, 4.69) is 21.9 Å². The Bertz CT molecular complexity index is 1200. The Hall–Kier alpha value is -2.71. The average molecular weight is 410 g/mol. The normalized spacial score (nSPS) is 14.4. The summed E-state index contributed by atoms with van der Waals surface area (Å²) in [5.41, 5.74) is 3.15. The molecule has 0 bridgehead atoms. The van der Waals surface area contributed by atoms with Crippen molar-refractivity contribution in [3.8, 4) is 22.9 Å². The molecular weight excluding hydrogens is 386 g/mol. The Morgan fingerprint density at radius 3 is 2.83 bits per heavy atom. The third kappa shape index (κ3) is 3.03. The largest absolute Gasteiger partial charge is 0.493 e. The van der Waals surface area contributed by atoms with E-state index in [1.54, 1.807) is 36.4 Å². The minimum Gasteiger partial charge on any atom is -0.493 e. The molecule has 7 nitrogen and oxygen atoms in total. The monoisotopic (exact) mass is 409 g/mol. The van der Waals surface area contributed by atoms with E-state index < -0.39 is 0 Å². The summed E-state index contributed by atoms with van der Waals surface area (Å²) in [6.45, 7) is 5.47. The van der Waals surface area contributed by atoms with Crippen LogP contribution >= 0.6 is 11.3 Å². The highest BCUT2D eigenvalue weighted by Crippen LogP contribution is 2.37. The fraction of sp³-hybridized carbons (Fsp3) is 0.381. The summed E-state index contributed by atoms with van der Waals surface area (Å²) >= 11 is 1.79. The Morgan fingerprint density at radius 2 is 2.03 bits per heavy atom. The van der Waals surface area contributed by atoms with Crippen molar-refractivity contribution in [2.45, 2.75) is 26.3 Å². The van der Waals surface area contributed by atoms with Crippen LogP contribution in [-0.2, 0) is 13.0 Å². The maximum absolute atomic E-state index is 5.43. The van der Waals surface area contributed by atoms with E-state index >= 15 is 0 Å². The van der Waals surface area contributed by atoms with Crippen LogP contribution in [0.1, 0.15) is 23.8 Å². The maximum atomic E-state index is 5.43. The smallest absolute Gasteiger partial charge is 0.182 e. The van der Waals surface area contributed by atoms with Gasteiger partial charge in [-0.1, -0.05) is 6.92 Å². The number of hydrogen-bond acceptors (Lipinski definition) is 7. The van der Waals surface area contributed by atoms with Crippen LogP contribution < -0.4 is 9.47 Å². The first-order chi connectivity index (χ1) is 14.2. The minimum atomic E-state index is 0.656. The van der Waals surface area contributed by atoms with Gasteiger partial charge in [-0.25, -0.2) is 14.5 Å². The van der Waals surface area contributed by atoms with Crippen LogP contribution in [0.15, 0.2) is 24.5 Å². The zero-order valence-electron chi connectivity index (χ0n) is 16.8. The van der Waals surface area contributed by atoms with Crippen LogP contribution in [0, 0.1) is 0 Å². The predicted octanol–water partition coefficient (Wildman–Crippen LogP) is 3.79. The molecule has 0 atom stereocenters. The van der Waals surface area contributed by atoms with E-state index in [0.29, 0.717) is 17.3 Å². The molecule has 4 heterocycles. The molecule has 0 amide bonds. The second-order valence-electron chi connectivity index (χ2n) is 7.23. The number of benzene rings is 1. The van der Waals surface area contributed by atoms with E-state index in [1.807, 2.05) is 18.2 Å². The van der Waals surface area contributed by atoms with Gasteiger partial charge in [0.2, 0.25) is 0 Å². The van der Waals surface area contributed by atoms with Crippen molar-refractivity contribution in [3.63, 3.8) is 0 Å². The number of rotatable bonds is 5. The summed E-state index contributed by atoms with van der Waals surface area (Å²) in [7, 11) is 3.26. The quantitative estimate of drug-likeness (QED) is 0.500. The van der Waals surface area contributed by atoms with Crippen molar-refractivity contribution in [3.05, 3.63) is 35.0 Å². The van der Waals surface area contributed by atoms with Gasteiger partial charge >= 0.3 is 0 Å². The molecule has 0 saturated carbocycles. The standard InChI is InChI=1S/C21H23N5O2S/c1-4-8-25-9-7-14-17(11-25)29-21-18(14)20-23-19(24-26(20)12-22-21)13-5-6-15(27-2)16(10-13)28-3/h5-6,10,12H,4,7-9,11H2,1-3H3. The predicted molar refractivity (Wildman–Crippen MR) is 114 cm³/mol. The van der Waals surface area contributed by atoms with Crippen LogP contribution in [0.2, 0.25) is 0 Å². The van der Waals surface area contributed by atoms with Crippen molar-refractivity contribution < 1.29 is 9.47 Å². The Balaban J connectivity index is 1.62. The lowest BCUT2D eigenvalue weighted by molar-refractivity contribution is 0.258. The number of ether oxygens (including phenoxy) is 2. The van der Waals surface area contributed by atoms with Crippen molar-refractivity contribution in [2.75, 3.05) is 27.3 Å². The minimum absolute atomic E-state index is 0.656.